The molecule has 2 aromatic heterocycles. The topological polar surface area (TPSA) is 35.0 Å². The number of ether oxygens (including phenoxy) is 1. The van der Waals surface area contributed by atoms with E-state index in [0.717, 1.165) is 28.1 Å². The Bertz CT molecular complexity index is 2150. The number of aromatic nitrogens is 2. The van der Waals surface area contributed by atoms with Crippen molar-refractivity contribution in [3.8, 4) is 45.0 Å². The van der Waals surface area contributed by atoms with E-state index in [2.05, 4.69) is 128 Å². The molecule has 1 aliphatic rings. The van der Waals surface area contributed by atoms with Gasteiger partial charge in [0, 0.05) is 23.9 Å². The zero-order valence-electron chi connectivity index (χ0n) is 26.0. The Morgan fingerprint density at radius 3 is 1.87 bits per heavy atom. The minimum absolute atomic E-state index is 0. The fourth-order valence-corrected chi connectivity index (χ4v) is 7.04. The fourth-order valence-electron chi connectivity index (χ4n) is 7.04. The summed E-state index contributed by atoms with van der Waals surface area (Å²) < 4.78 is 6.68. The first kappa shape index (κ1) is 30.5. The fraction of sp³-hybridized carbons (Fsp3) is 0.0698. The largest absolute Gasteiger partial charge is 2.00 e. The number of pyridine rings is 2. The molecule has 2 heterocycles. The average molecular weight is 786 g/mol. The minimum atomic E-state index is -0.656. The summed E-state index contributed by atoms with van der Waals surface area (Å²) >= 11 is 0. The van der Waals surface area contributed by atoms with Gasteiger partial charge in [0.25, 0.3) is 0 Å². The van der Waals surface area contributed by atoms with Gasteiger partial charge in [0.1, 0.15) is 0 Å². The van der Waals surface area contributed by atoms with E-state index in [0.29, 0.717) is 11.5 Å². The molecule has 0 amide bonds. The van der Waals surface area contributed by atoms with Crippen LogP contribution >= 0.6 is 0 Å². The van der Waals surface area contributed by atoms with E-state index in [9.17, 15) is 0 Å². The van der Waals surface area contributed by atoms with E-state index >= 15 is 0 Å². The van der Waals surface area contributed by atoms with Crippen LogP contribution in [-0.2, 0) is 26.5 Å². The summed E-state index contributed by atoms with van der Waals surface area (Å²) in [6, 6.07) is 53.2. The van der Waals surface area contributed by atoms with Gasteiger partial charge < -0.3 is 9.72 Å². The van der Waals surface area contributed by atoms with Crippen LogP contribution < -0.4 is 4.74 Å². The predicted molar refractivity (Wildman–Crippen MR) is 184 cm³/mol. The van der Waals surface area contributed by atoms with Gasteiger partial charge in [-0.15, -0.1) is 29.3 Å². The zero-order valence-corrected chi connectivity index (χ0v) is 28.2. The van der Waals surface area contributed by atoms with E-state index in [1.165, 1.54) is 38.9 Å². The van der Waals surface area contributed by atoms with Gasteiger partial charge in [0.2, 0.25) is 0 Å². The molecule has 228 valence electrons. The van der Waals surface area contributed by atoms with Crippen LogP contribution in [0.15, 0.2) is 146 Å². The van der Waals surface area contributed by atoms with Gasteiger partial charge in [-0.25, -0.2) is 0 Å². The van der Waals surface area contributed by atoms with Crippen molar-refractivity contribution in [2.45, 2.75) is 19.3 Å². The molecule has 5 aromatic carbocycles. The summed E-state index contributed by atoms with van der Waals surface area (Å²) in [4.78, 5) is 9.58. The first-order valence-electron chi connectivity index (χ1n) is 15.5. The normalized spacial score (nSPS) is 12.5. The molecule has 4 heteroatoms. The smallest absolute Gasteiger partial charge is 0.503 e. The number of benzene rings is 5. The second-order valence-corrected chi connectivity index (χ2v) is 11.7. The quantitative estimate of drug-likeness (QED) is 0.158. The number of nitrogens with zero attached hydrogens (tertiary/aromatic N) is 2. The van der Waals surface area contributed by atoms with Crippen molar-refractivity contribution in [3.05, 3.63) is 191 Å². The third-order valence-electron chi connectivity index (χ3n) is 8.95. The molecule has 0 bridgehead atoms. The molecule has 0 atom stereocenters. The monoisotopic (exact) mass is 785 g/mol. The summed E-state index contributed by atoms with van der Waals surface area (Å²) in [5.74, 6) is 1.21. The van der Waals surface area contributed by atoms with Crippen LogP contribution in [0.1, 0.15) is 33.5 Å². The second kappa shape index (κ2) is 12.6. The Balaban J connectivity index is 0.00000351. The third kappa shape index (κ3) is 5.22. The predicted octanol–water partition coefficient (Wildman–Crippen LogP) is 10.2. The summed E-state index contributed by atoms with van der Waals surface area (Å²) in [7, 11) is 0. The second-order valence-electron chi connectivity index (χ2n) is 11.7. The van der Waals surface area contributed by atoms with Gasteiger partial charge >= 0.3 is 21.1 Å². The van der Waals surface area contributed by atoms with Crippen molar-refractivity contribution < 1.29 is 25.8 Å². The van der Waals surface area contributed by atoms with Gasteiger partial charge in [-0.2, -0.15) is 12.1 Å². The molecule has 1 aliphatic carbocycles. The number of rotatable bonds is 6. The molecule has 0 saturated carbocycles. The zero-order chi connectivity index (χ0) is 31.1. The molecule has 8 rings (SSSR count). The molecule has 0 unspecified atom stereocenters. The van der Waals surface area contributed by atoms with Crippen LogP contribution in [0.5, 0.6) is 11.5 Å². The molecule has 0 spiro atoms. The van der Waals surface area contributed by atoms with Gasteiger partial charge in [-0.05, 0) is 76.7 Å². The molecular weight excluding hydrogens is 756 g/mol. The first-order valence-corrected chi connectivity index (χ1v) is 15.5. The van der Waals surface area contributed by atoms with Crippen molar-refractivity contribution in [1.29, 1.82) is 0 Å². The average Bonchev–Trinajstić information content (AvgIpc) is 3.40. The Kier molecular flexibility index (Phi) is 8.18. The SMILES string of the molecule is Cc1cccc(C)c1-c1cc(Oc2[c-]c(C3(c4ccccn4)c4ccccc4-c4ccccc43)ccc2)[c-]c(-c2ccccn2)c1.[Pt+2]. The van der Waals surface area contributed by atoms with Crippen LogP contribution in [0, 0.1) is 26.0 Å². The third-order valence-corrected chi connectivity index (χ3v) is 8.95. The van der Waals surface area contributed by atoms with Crippen LogP contribution in [0.4, 0.5) is 0 Å². The summed E-state index contributed by atoms with van der Waals surface area (Å²) in [5, 5.41) is 0. The molecule has 7 aromatic rings. The van der Waals surface area contributed by atoms with E-state index in [1.807, 2.05) is 42.6 Å². The summed E-state index contributed by atoms with van der Waals surface area (Å²) in [5.41, 5.74) is 12.4. The summed E-state index contributed by atoms with van der Waals surface area (Å²) in [6.45, 7) is 4.29. The van der Waals surface area contributed by atoms with Crippen molar-refractivity contribution >= 4 is 0 Å². The maximum Gasteiger partial charge on any atom is 2.00 e. The Morgan fingerprint density at radius 1 is 0.574 bits per heavy atom. The van der Waals surface area contributed by atoms with Gasteiger partial charge in [-0.3, -0.25) is 4.98 Å². The van der Waals surface area contributed by atoms with Gasteiger partial charge in [0.05, 0.1) is 11.1 Å². The molecule has 3 nitrogen and oxygen atoms in total. The number of aryl methyl sites for hydroxylation is 2. The molecular formula is C43H30N2OPt. The Morgan fingerprint density at radius 2 is 1.21 bits per heavy atom. The van der Waals surface area contributed by atoms with Crippen molar-refractivity contribution in [1.82, 2.24) is 9.97 Å². The van der Waals surface area contributed by atoms with Crippen molar-refractivity contribution in [3.63, 3.8) is 0 Å². The van der Waals surface area contributed by atoms with E-state index < -0.39 is 5.41 Å². The number of hydrogen-bond acceptors (Lipinski definition) is 3. The number of fused-ring (bicyclic) bond motifs is 3. The molecule has 47 heavy (non-hydrogen) atoms. The maximum atomic E-state index is 6.68. The first-order chi connectivity index (χ1) is 22.6. The summed E-state index contributed by atoms with van der Waals surface area (Å²) in [6.07, 6.45) is 3.68. The molecule has 0 fully saturated rings. The minimum Gasteiger partial charge on any atom is -0.503 e. The van der Waals surface area contributed by atoms with Crippen LogP contribution in [-0.4, -0.2) is 9.97 Å². The Labute approximate surface area is 290 Å². The standard InChI is InChI=1S/C43H30N2O.Pt/c1-29-13-11-14-30(2)42(29)32-25-31(40-21-7-9-23-44-40)26-35(27-32)46-34-16-12-15-33(28-34)43(41-22-8-10-24-45-41)38-19-5-3-17-36(38)37-18-4-6-20-39(37)43;/h3-25,27H,1-2H3;/q-2;+2. The molecule has 0 N–H and O–H groups in total. The van der Waals surface area contributed by atoms with Crippen LogP contribution in [0.3, 0.4) is 0 Å². The molecule has 0 radical (unpaired) electrons. The molecule has 0 saturated heterocycles. The molecule has 0 aliphatic heterocycles. The van der Waals surface area contributed by atoms with E-state index in [-0.39, 0.29) is 21.1 Å². The Hall–Kier alpha value is -5.11. The van der Waals surface area contributed by atoms with Gasteiger partial charge in [0.15, 0.2) is 0 Å². The van der Waals surface area contributed by atoms with E-state index in [1.54, 1.807) is 6.20 Å². The van der Waals surface area contributed by atoms with E-state index in [4.69, 9.17) is 9.72 Å². The van der Waals surface area contributed by atoms with Crippen molar-refractivity contribution in [2.75, 3.05) is 0 Å². The van der Waals surface area contributed by atoms with Crippen LogP contribution in [0.25, 0.3) is 33.5 Å². The number of hydrogen-bond donors (Lipinski definition) is 0. The van der Waals surface area contributed by atoms with Crippen molar-refractivity contribution in [2.24, 2.45) is 0 Å². The van der Waals surface area contributed by atoms with Crippen LogP contribution in [0.2, 0.25) is 0 Å². The van der Waals surface area contributed by atoms with Gasteiger partial charge in [-0.1, -0.05) is 103 Å². The maximum absolute atomic E-state index is 6.68.